The van der Waals surface area contributed by atoms with Crippen LogP contribution in [-0.2, 0) is 33.8 Å². The first-order valence-corrected chi connectivity index (χ1v) is 12.2. The number of carbonyl (C=O) groups excluding carboxylic acids is 1. The zero-order chi connectivity index (χ0) is 25.1. The lowest BCUT2D eigenvalue weighted by Gasteiger charge is -2.23. The third kappa shape index (κ3) is 4.12. The van der Waals surface area contributed by atoms with Gasteiger partial charge in [-0.2, -0.15) is 5.10 Å². The van der Waals surface area contributed by atoms with Gasteiger partial charge in [0.25, 0.3) is 11.8 Å². The van der Waals surface area contributed by atoms with Crippen molar-refractivity contribution in [3.63, 3.8) is 0 Å². The molecule has 1 N–H and O–H groups in total. The lowest BCUT2D eigenvalue weighted by atomic mass is 9.81. The van der Waals surface area contributed by atoms with E-state index >= 15 is 8.78 Å². The van der Waals surface area contributed by atoms with Crippen molar-refractivity contribution < 1.29 is 27.5 Å². The molecule has 190 valence electrons. The van der Waals surface area contributed by atoms with Gasteiger partial charge in [-0.15, -0.1) is 0 Å². The van der Waals surface area contributed by atoms with Gasteiger partial charge in [0.2, 0.25) is 5.76 Å². The van der Waals surface area contributed by atoms with Crippen molar-refractivity contribution in [1.29, 1.82) is 0 Å². The predicted molar refractivity (Wildman–Crippen MR) is 125 cm³/mol. The van der Waals surface area contributed by atoms with Crippen LogP contribution in [0.2, 0.25) is 0 Å². The first-order valence-electron chi connectivity index (χ1n) is 12.2. The highest BCUT2D eigenvalue weighted by atomic mass is 19.3. The van der Waals surface area contributed by atoms with Crippen LogP contribution in [0.4, 0.5) is 8.78 Å². The average Bonchev–Trinajstić information content (AvgIpc) is 3.30. The summed E-state index contributed by atoms with van der Waals surface area (Å²) in [6.45, 7) is 4.60. The van der Waals surface area contributed by atoms with E-state index < -0.39 is 17.4 Å². The van der Waals surface area contributed by atoms with Gasteiger partial charge < -0.3 is 19.2 Å². The molecule has 6 rings (SSSR count). The number of aryl methyl sites for hydroxylation is 1. The minimum atomic E-state index is -3.30. The molecule has 3 aromatic rings. The van der Waals surface area contributed by atoms with E-state index in [-0.39, 0.29) is 29.4 Å². The van der Waals surface area contributed by atoms with Gasteiger partial charge in [-0.3, -0.25) is 14.5 Å². The number of hydrogen-bond donors (Lipinski definition) is 1. The Bertz CT molecular complexity index is 1300. The normalized spacial score (nSPS) is 20.2. The van der Waals surface area contributed by atoms with Gasteiger partial charge in [-0.25, -0.2) is 8.78 Å². The van der Waals surface area contributed by atoms with Gasteiger partial charge in [0.1, 0.15) is 11.5 Å². The van der Waals surface area contributed by atoms with Crippen LogP contribution >= 0.6 is 0 Å². The number of halogens is 2. The molecule has 3 aliphatic rings. The summed E-state index contributed by atoms with van der Waals surface area (Å²) in [5.74, 6) is -3.94. The molecule has 1 aliphatic heterocycles. The Labute approximate surface area is 207 Å². The fraction of sp³-hybridized carbons (Fsp3) is 0.500. The summed E-state index contributed by atoms with van der Waals surface area (Å²) in [5.41, 5.74) is 2.98. The Hall–Kier alpha value is -3.11. The molecule has 8 nitrogen and oxygen atoms in total. The minimum absolute atomic E-state index is 0.146. The number of furan rings is 1. The minimum Gasteiger partial charge on any atom is -0.455 e. The number of carbonyl (C=O) groups is 1. The number of nitrogens with zero attached hydrogens (tertiary/aromatic N) is 3. The molecule has 1 spiro atoms. The Morgan fingerprint density at radius 1 is 1.31 bits per heavy atom. The summed E-state index contributed by atoms with van der Waals surface area (Å²) in [7, 11) is 0. The first-order chi connectivity index (χ1) is 17.2. The summed E-state index contributed by atoms with van der Waals surface area (Å²) in [5, 5.41) is 7.43. The highest BCUT2D eigenvalue weighted by molar-refractivity contribution is 5.96. The summed E-state index contributed by atoms with van der Waals surface area (Å²) < 4.78 is 48.7. The zero-order valence-electron chi connectivity index (χ0n) is 20.3. The van der Waals surface area contributed by atoms with E-state index in [1.165, 1.54) is 0 Å². The smallest absolute Gasteiger partial charge is 0.287 e. The van der Waals surface area contributed by atoms with E-state index in [0.717, 1.165) is 36.6 Å². The molecule has 1 atom stereocenters. The van der Waals surface area contributed by atoms with E-state index in [1.807, 2.05) is 25.3 Å². The molecule has 0 unspecified atom stereocenters. The first kappa shape index (κ1) is 23.3. The Morgan fingerprint density at radius 2 is 2.14 bits per heavy atom. The maximum atomic E-state index is 15.1. The number of fused-ring (bicyclic) bond motifs is 4. The molecule has 2 aliphatic carbocycles. The highest BCUT2D eigenvalue weighted by Gasteiger charge is 2.54. The third-order valence-corrected chi connectivity index (χ3v) is 7.24. The van der Waals surface area contributed by atoms with Gasteiger partial charge in [-0.05, 0) is 31.4 Å². The molecule has 0 aromatic carbocycles. The fourth-order valence-corrected chi connectivity index (χ4v) is 5.23. The lowest BCUT2D eigenvalue weighted by Crippen LogP contribution is -2.40. The van der Waals surface area contributed by atoms with Gasteiger partial charge in [-0.1, -0.05) is 6.07 Å². The van der Waals surface area contributed by atoms with Crippen molar-refractivity contribution in [2.45, 2.75) is 57.1 Å². The van der Waals surface area contributed by atoms with Crippen LogP contribution in [0.1, 0.15) is 58.5 Å². The van der Waals surface area contributed by atoms with Crippen LogP contribution in [0.5, 0.6) is 0 Å². The van der Waals surface area contributed by atoms with E-state index in [9.17, 15) is 4.79 Å². The second kappa shape index (κ2) is 8.48. The molecule has 10 heteroatoms. The quantitative estimate of drug-likeness (QED) is 0.557. The molecule has 1 saturated heterocycles. The van der Waals surface area contributed by atoms with E-state index in [1.54, 1.807) is 10.9 Å². The third-order valence-electron chi connectivity index (χ3n) is 7.24. The molecule has 3 aromatic heterocycles. The van der Waals surface area contributed by atoms with Gasteiger partial charge in [0, 0.05) is 49.0 Å². The summed E-state index contributed by atoms with van der Waals surface area (Å²) in [4.78, 5) is 17.4. The topological polar surface area (TPSA) is 91.4 Å². The van der Waals surface area contributed by atoms with Crippen LogP contribution in [0.15, 0.2) is 28.9 Å². The molecule has 0 radical (unpaired) electrons. The van der Waals surface area contributed by atoms with Gasteiger partial charge in [0.05, 0.1) is 43.6 Å². The van der Waals surface area contributed by atoms with Crippen molar-refractivity contribution in [3.05, 3.63) is 58.4 Å². The molecule has 36 heavy (non-hydrogen) atoms. The Kier molecular flexibility index (Phi) is 5.49. The fourth-order valence-electron chi connectivity index (χ4n) is 5.23. The van der Waals surface area contributed by atoms with Gasteiger partial charge in [0.15, 0.2) is 0 Å². The van der Waals surface area contributed by atoms with Crippen LogP contribution in [0.3, 0.4) is 0 Å². The number of ether oxygens (including phenoxy) is 2. The molecule has 4 heterocycles. The lowest BCUT2D eigenvalue weighted by molar-refractivity contribution is -0.0856. The van der Waals surface area contributed by atoms with Crippen molar-refractivity contribution in [3.8, 4) is 11.3 Å². The van der Waals surface area contributed by atoms with E-state index in [0.29, 0.717) is 44.2 Å². The largest absolute Gasteiger partial charge is 0.455 e. The molecule has 2 fully saturated rings. The van der Waals surface area contributed by atoms with Crippen LogP contribution < -0.4 is 5.32 Å². The number of pyridine rings is 1. The number of nitrogens with one attached hydrogen (secondary N) is 1. The second-order valence-electron chi connectivity index (χ2n) is 10.1. The molecular formula is C26H28F2N4O4. The van der Waals surface area contributed by atoms with Crippen molar-refractivity contribution >= 4 is 5.91 Å². The number of hydrogen-bond acceptors (Lipinski definition) is 6. The monoisotopic (exact) mass is 498 g/mol. The van der Waals surface area contributed by atoms with E-state index in [2.05, 4.69) is 10.3 Å². The summed E-state index contributed by atoms with van der Waals surface area (Å²) in [6, 6.07) is 3.91. The van der Waals surface area contributed by atoms with Gasteiger partial charge >= 0.3 is 0 Å². The average molecular weight is 499 g/mol. The number of rotatable bonds is 6. The Balaban J connectivity index is 1.36. The Morgan fingerprint density at radius 3 is 2.81 bits per heavy atom. The molecule has 1 amide bonds. The zero-order valence-corrected chi connectivity index (χ0v) is 20.3. The standard InChI is InChI=1S/C26H28F2N4O4/c1-15-3-4-16(10-29-15)12-32-13-18-22(31-32)20-19(9-26(18)5-6-26)36-23(21(20)25(2,27)28)24(33)30-11-17-14-34-7-8-35-17/h3-4,10,13,17H,5-9,11-12,14H2,1-2H3,(H,30,33)/t17-/m1/s1. The van der Waals surface area contributed by atoms with Crippen molar-refractivity contribution in [2.75, 3.05) is 26.4 Å². The van der Waals surface area contributed by atoms with E-state index in [4.69, 9.17) is 19.0 Å². The maximum absolute atomic E-state index is 15.1. The number of alkyl halides is 2. The SMILES string of the molecule is Cc1ccc(Cn2cc3c(n2)-c2c(oc(C(=O)NC[C@@H]4COCCO4)c2C(C)(F)F)CC32CC2)cn1. The van der Waals surface area contributed by atoms with Crippen molar-refractivity contribution in [1.82, 2.24) is 20.1 Å². The second-order valence-corrected chi connectivity index (χ2v) is 10.1. The number of amides is 1. The van der Waals surface area contributed by atoms with Crippen LogP contribution in [0, 0.1) is 6.92 Å². The molecular weight excluding hydrogens is 470 g/mol. The molecule has 1 saturated carbocycles. The molecule has 0 bridgehead atoms. The summed E-state index contributed by atoms with van der Waals surface area (Å²) in [6.07, 6.45) is 5.75. The predicted octanol–water partition coefficient (Wildman–Crippen LogP) is 3.74. The van der Waals surface area contributed by atoms with Crippen LogP contribution in [-0.4, -0.2) is 53.1 Å². The number of aromatic nitrogens is 3. The van der Waals surface area contributed by atoms with Crippen molar-refractivity contribution in [2.24, 2.45) is 0 Å². The van der Waals surface area contributed by atoms with Crippen LogP contribution in [0.25, 0.3) is 11.3 Å². The highest BCUT2D eigenvalue weighted by Crippen LogP contribution is 2.59. The maximum Gasteiger partial charge on any atom is 0.287 e. The summed E-state index contributed by atoms with van der Waals surface area (Å²) >= 11 is 0.